The molecule has 1 saturated heterocycles. The van der Waals surface area contributed by atoms with Gasteiger partial charge in [0.1, 0.15) is 29.8 Å². The Bertz CT molecular complexity index is 2300. The van der Waals surface area contributed by atoms with Gasteiger partial charge in [0.15, 0.2) is 28.6 Å². The lowest BCUT2D eigenvalue weighted by Gasteiger charge is -2.81. The molecule has 3 aliphatic carbocycles. The molecule has 0 radical (unpaired) electrons. The fraction of sp³-hybridized carbons (Fsp3) is 0.469. The topological polar surface area (TPSA) is 257 Å². The quantitative estimate of drug-likeness (QED) is 0.0469. The molecule has 5 N–H and O–H groups in total. The highest BCUT2D eigenvalue weighted by atomic mass is 127. The number of ether oxygens (including phenoxy) is 4. The Hall–Kier alpha value is -5.57. The number of halogens is 1. The van der Waals surface area contributed by atoms with Crippen molar-refractivity contribution in [2.24, 2.45) is 27.2 Å². The summed E-state index contributed by atoms with van der Waals surface area (Å²) in [5.41, 5.74) is -1.41. The second-order valence-corrected chi connectivity index (χ2v) is 17.2. The number of hydrogen-bond acceptors (Lipinski definition) is 15. The zero-order valence-electron chi connectivity index (χ0n) is 38.9. The second kappa shape index (κ2) is 22.5. The average Bonchev–Trinajstić information content (AvgIpc) is 3.33. The third-order valence-electron chi connectivity index (χ3n) is 13.8. The largest absolute Gasteiger partial charge is 0.478 e. The fourth-order valence-electron chi connectivity index (χ4n) is 10.7. The van der Waals surface area contributed by atoms with Crippen LogP contribution in [0.4, 0.5) is 0 Å². The minimum atomic E-state index is -1.79. The molecule has 18 heteroatoms. The Morgan fingerprint density at radius 1 is 0.896 bits per heavy atom. The van der Waals surface area contributed by atoms with Gasteiger partial charge in [-0.1, -0.05) is 92.7 Å². The third-order valence-corrected chi connectivity index (χ3v) is 14.2. The number of nitrogens with one attached hydrogen (secondary N) is 1. The number of hydrogen-bond donors (Lipinski definition) is 4. The van der Waals surface area contributed by atoms with E-state index in [1.165, 1.54) is 50.8 Å². The minimum Gasteiger partial charge on any atom is -0.478 e. The number of esters is 3. The standard InChI is InChI=1S/C39H43IN2O12.C7H6O2.C2H6.CH5N/c1-22-27(19-50-23(2)43)36(5)37(42-49,20-39(36)35(4,34(48)54-40)30(45)17-31-38(39,21-51-31)53-24(3)44)18-29(22)52-32(46)16-28(25-12-8-6-9-13-25)41-33(47)26-14-10-7-11-15-26;8-7(9)6-4-2-1-3-5-6;2*1-2/h6-15,28-31,45H,16-21H2,1-5H3,(H,41,47);1-5H,(H,8,9);1-2H3;2H2,1H3/t28-,29+,30+,31?,35+,36+,37-,38+,39?;;;/m1.../s1. The van der Waals surface area contributed by atoms with Crippen LogP contribution in [0.25, 0.3) is 0 Å². The molecule has 1 heterocycles. The molecule has 3 aromatic carbocycles. The smallest absolute Gasteiger partial charge is 0.335 e. The number of nitrogens with two attached hydrogens (primary N) is 1. The SMILES string of the molecule is CC.CC(=O)OCC1=C(C)[C@@H](OC(=O)C[C@@H](NC(=O)c2ccccc2)c2ccccc2)C[C@@]2(N=O)CC3([C@]4(OC(C)=O)COC4C[C@H](O)[C@@]3(C)C(=O)OI)[C@@]12C.CN.O=C(O)c1ccccc1. The predicted octanol–water partition coefficient (Wildman–Crippen LogP) is 7.00. The Morgan fingerprint density at radius 3 is 1.91 bits per heavy atom. The first kappa shape index (κ1) is 54.0. The molecule has 7 rings (SSSR count). The van der Waals surface area contributed by atoms with Crippen molar-refractivity contribution in [2.45, 2.75) is 110 Å². The van der Waals surface area contributed by atoms with Gasteiger partial charge in [0.05, 0.1) is 30.7 Å². The van der Waals surface area contributed by atoms with E-state index in [2.05, 4.69) is 16.2 Å². The van der Waals surface area contributed by atoms with Crippen LogP contribution < -0.4 is 11.1 Å². The number of nitroso groups, excluding NO2 is 1. The maximum atomic E-state index is 14.0. The van der Waals surface area contributed by atoms with Crippen LogP contribution in [0.15, 0.2) is 107 Å². The van der Waals surface area contributed by atoms with Crippen LogP contribution >= 0.6 is 23.0 Å². The molecule has 3 fully saturated rings. The Labute approximate surface area is 404 Å². The van der Waals surface area contributed by atoms with Crippen LogP contribution in [0.1, 0.15) is 106 Å². The number of benzene rings is 3. The van der Waals surface area contributed by atoms with Crippen molar-refractivity contribution in [3.8, 4) is 0 Å². The maximum Gasteiger partial charge on any atom is 0.335 e. The van der Waals surface area contributed by atoms with Gasteiger partial charge in [-0.3, -0.25) is 24.0 Å². The monoisotopic (exact) mass is 1040 g/mol. The molecule has 0 aromatic heterocycles. The first-order valence-corrected chi connectivity index (χ1v) is 22.7. The summed E-state index contributed by atoms with van der Waals surface area (Å²) < 4.78 is 29.1. The number of rotatable bonds is 12. The first-order chi connectivity index (χ1) is 31.9. The van der Waals surface area contributed by atoms with Gasteiger partial charge < -0.3 is 43.3 Å². The summed E-state index contributed by atoms with van der Waals surface area (Å²) >= 11 is 1.44. The lowest BCUT2D eigenvalue weighted by molar-refractivity contribution is -0.412. The Balaban J connectivity index is 0.000000661. The third kappa shape index (κ3) is 9.62. The number of carbonyl (C=O) groups is 6. The zero-order chi connectivity index (χ0) is 50.0. The molecule has 2 unspecified atom stereocenters. The fourth-order valence-corrected chi connectivity index (χ4v) is 11.1. The van der Waals surface area contributed by atoms with E-state index in [-0.39, 0.29) is 32.3 Å². The van der Waals surface area contributed by atoms with Crippen molar-refractivity contribution in [1.29, 1.82) is 0 Å². The van der Waals surface area contributed by atoms with E-state index in [9.17, 15) is 38.8 Å². The Kier molecular flexibility index (Phi) is 18.1. The number of fused-ring (bicyclic) bond motifs is 4. The molecule has 4 aliphatic rings. The number of aliphatic hydroxyl groups is 1. The van der Waals surface area contributed by atoms with Crippen molar-refractivity contribution in [1.82, 2.24) is 5.32 Å². The Morgan fingerprint density at radius 2 is 1.45 bits per heavy atom. The summed E-state index contributed by atoms with van der Waals surface area (Å²) in [6.45, 7) is 10.8. The van der Waals surface area contributed by atoms with Gasteiger partial charge >= 0.3 is 29.8 Å². The van der Waals surface area contributed by atoms with Crippen LogP contribution in [0.3, 0.4) is 0 Å². The van der Waals surface area contributed by atoms with E-state index in [0.29, 0.717) is 27.8 Å². The summed E-state index contributed by atoms with van der Waals surface area (Å²) in [4.78, 5) is 89.9. The van der Waals surface area contributed by atoms with Gasteiger partial charge in [0, 0.05) is 43.1 Å². The highest BCUT2D eigenvalue weighted by molar-refractivity contribution is 14.1. The van der Waals surface area contributed by atoms with Gasteiger partial charge in [-0.15, -0.1) is 0 Å². The first-order valence-electron chi connectivity index (χ1n) is 21.8. The second-order valence-electron chi connectivity index (χ2n) is 16.7. The minimum absolute atomic E-state index is 0.0690. The molecular formula is C49H60IN3O14. The molecule has 362 valence electrons. The van der Waals surface area contributed by atoms with Crippen LogP contribution in [-0.4, -0.2) is 95.7 Å². The van der Waals surface area contributed by atoms with Crippen molar-refractivity contribution < 1.29 is 61.0 Å². The van der Waals surface area contributed by atoms with E-state index in [0.717, 1.165) is 0 Å². The van der Waals surface area contributed by atoms with E-state index in [1.54, 1.807) is 98.8 Å². The van der Waals surface area contributed by atoms with E-state index in [1.807, 2.05) is 19.9 Å². The van der Waals surface area contributed by atoms with Crippen LogP contribution in [0, 0.1) is 21.2 Å². The van der Waals surface area contributed by atoms with Crippen LogP contribution in [-0.2, 0) is 41.2 Å². The molecular weight excluding hydrogens is 981 g/mol. The molecule has 1 spiro atoms. The van der Waals surface area contributed by atoms with Crippen LogP contribution in [0.5, 0.6) is 0 Å². The number of amides is 1. The molecule has 2 saturated carbocycles. The van der Waals surface area contributed by atoms with Gasteiger partial charge in [0.2, 0.25) is 0 Å². The number of aromatic carboxylic acids is 1. The molecule has 17 nitrogen and oxygen atoms in total. The van der Waals surface area contributed by atoms with Crippen molar-refractivity contribution in [3.63, 3.8) is 0 Å². The molecule has 9 atom stereocenters. The normalized spacial score (nSPS) is 28.9. The molecule has 1 aliphatic heterocycles. The van der Waals surface area contributed by atoms with Gasteiger partial charge in [-0.25, -0.2) is 4.79 Å². The lowest BCUT2D eigenvalue weighted by Crippen LogP contribution is -2.91. The molecule has 3 aromatic rings. The van der Waals surface area contributed by atoms with Gasteiger partial charge in [-0.05, 0) is 68.3 Å². The van der Waals surface area contributed by atoms with E-state index in [4.69, 9.17) is 27.1 Å². The van der Waals surface area contributed by atoms with Gasteiger partial charge in [-0.2, -0.15) is 4.91 Å². The van der Waals surface area contributed by atoms with Crippen LogP contribution in [0.2, 0.25) is 0 Å². The molecule has 1 amide bonds. The summed E-state index contributed by atoms with van der Waals surface area (Å²) in [6, 6.07) is 25.0. The number of carboxylic acid groups (broad SMARTS) is 1. The van der Waals surface area contributed by atoms with Crippen molar-refractivity contribution >= 4 is 58.8 Å². The van der Waals surface area contributed by atoms with E-state index < -0.39 is 94.1 Å². The summed E-state index contributed by atoms with van der Waals surface area (Å²) in [5, 5.41) is 26.8. The summed E-state index contributed by atoms with van der Waals surface area (Å²) in [7, 11) is 1.50. The maximum absolute atomic E-state index is 14.0. The highest BCUT2D eigenvalue weighted by Gasteiger charge is 2.93. The summed E-state index contributed by atoms with van der Waals surface area (Å²) in [5.74, 6) is -4.08. The van der Waals surface area contributed by atoms with E-state index >= 15 is 0 Å². The highest BCUT2D eigenvalue weighted by Crippen LogP contribution is 2.84. The zero-order valence-corrected chi connectivity index (χ0v) is 41.1. The van der Waals surface area contributed by atoms with Gasteiger partial charge in [0.25, 0.3) is 5.91 Å². The lowest BCUT2D eigenvalue weighted by atomic mass is 9.23. The molecule has 0 bridgehead atoms. The number of nitrogens with zero attached hydrogens (tertiary/aromatic N) is 1. The number of carboxylic acids is 1. The van der Waals surface area contributed by atoms with Crippen molar-refractivity contribution in [2.75, 3.05) is 20.3 Å². The number of aliphatic hydroxyl groups excluding tert-OH is 1. The number of carbonyl (C=O) groups excluding carboxylic acids is 5. The average molecular weight is 1040 g/mol. The predicted molar refractivity (Wildman–Crippen MR) is 253 cm³/mol. The van der Waals surface area contributed by atoms with Crippen molar-refractivity contribution in [3.05, 3.63) is 124 Å². The molecule has 67 heavy (non-hydrogen) atoms. The summed E-state index contributed by atoms with van der Waals surface area (Å²) in [6.07, 6.45) is -3.95.